The topological polar surface area (TPSA) is 29.0 Å². The third-order valence-corrected chi connectivity index (χ3v) is 5.24. The van der Waals surface area contributed by atoms with Gasteiger partial charge < -0.3 is 0 Å². The zero-order valence-corrected chi connectivity index (χ0v) is 11.5. The summed E-state index contributed by atoms with van der Waals surface area (Å²) in [4.78, 5) is 2.51. The highest BCUT2D eigenvalue weighted by atomic mass is 35.5. The molecule has 0 N–H and O–H groups in total. The lowest BCUT2D eigenvalue weighted by Crippen LogP contribution is -2.41. The quantitative estimate of drug-likeness (QED) is 0.827. The first-order valence-electron chi connectivity index (χ1n) is 6.52. The number of hydrogen-bond acceptors (Lipinski definition) is 4. The molecule has 94 valence electrons. The van der Waals surface area contributed by atoms with Gasteiger partial charge in [-0.1, -0.05) is 35.4 Å². The summed E-state index contributed by atoms with van der Waals surface area (Å²) in [5.41, 5.74) is 0.964. The standard InChI is InChI=1S/C12H18ClN3S/c13-12-11(14-15-17-12)8-16-6-5-9-3-1-2-4-10(9)7-16/h9-10H,1-8H2. The van der Waals surface area contributed by atoms with Gasteiger partial charge in [0.25, 0.3) is 0 Å². The number of fused-ring (bicyclic) bond motifs is 1. The summed E-state index contributed by atoms with van der Waals surface area (Å²) < 4.78 is 4.66. The predicted molar refractivity (Wildman–Crippen MR) is 70.3 cm³/mol. The monoisotopic (exact) mass is 271 g/mol. The van der Waals surface area contributed by atoms with Crippen molar-refractivity contribution in [3.05, 3.63) is 10.0 Å². The van der Waals surface area contributed by atoms with Gasteiger partial charge >= 0.3 is 0 Å². The predicted octanol–water partition coefficient (Wildman–Crippen LogP) is 3.20. The molecule has 2 atom stereocenters. The van der Waals surface area contributed by atoms with Gasteiger partial charge in [-0.05, 0) is 31.2 Å². The molecule has 0 aromatic carbocycles. The van der Waals surface area contributed by atoms with Gasteiger partial charge in [0, 0.05) is 24.6 Å². The van der Waals surface area contributed by atoms with Gasteiger partial charge in [-0.25, -0.2) is 0 Å². The maximum Gasteiger partial charge on any atom is 0.138 e. The summed E-state index contributed by atoms with van der Waals surface area (Å²) >= 11 is 7.36. The molecule has 0 bridgehead atoms. The molecule has 0 amide bonds. The third kappa shape index (κ3) is 2.64. The van der Waals surface area contributed by atoms with Crippen molar-refractivity contribution in [2.45, 2.75) is 38.6 Å². The lowest BCUT2D eigenvalue weighted by atomic mass is 9.75. The van der Waals surface area contributed by atoms with Gasteiger partial charge in [-0.15, -0.1) is 5.10 Å². The van der Waals surface area contributed by atoms with E-state index in [1.165, 1.54) is 56.7 Å². The molecule has 1 saturated carbocycles. The highest BCUT2D eigenvalue weighted by Crippen LogP contribution is 2.36. The Kier molecular flexibility index (Phi) is 3.64. The van der Waals surface area contributed by atoms with E-state index in [4.69, 9.17) is 11.6 Å². The number of hydrogen-bond donors (Lipinski definition) is 0. The molecule has 2 aliphatic rings. The first kappa shape index (κ1) is 11.9. The summed E-state index contributed by atoms with van der Waals surface area (Å²) in [5.74, 6) is 1.91. The maximum atomic E-state index is 6.06. The molecule has 5 heteroatoms. The van der Waals surface area contributed by atoms with Crippen LogP contribution in [0.2, 0.25) is 4.34 Å². The SMILES string of the molecule is Clc1snnc1CN1CCC2CCCCC2C1. The van der Waals surface area contributed by atoms with Crippen LogP contribution in [0.4, 0.5) is 0 Å². The van der Waals surface area contributed by atoms with E-state index in [2.05, 4.69) is 14.5 Å². The van der Waals surface area contributed by atoms with Crippen molar-refractivity contribution in [1.29, 1.82) is 0 Å². The molecule has 0 spiro atoms. The van der Waals surface area contributed by atoms with Crippen LogP contribution in [-0.4, -0.2) is 27.6 Å². The molecule has 1 aromatic rings. The lowest BCUT2D eigenvalue weighted by molar-refractivity contribution is 0.0812. The molecule has 2 unspecified atom stereocenters. The van der Waals surface area contributed by atoms with Crippen LogP contribution in [-0.2, 0) is 6.54 Å². The van der Waals surface area contributed by atoms with Crippen molar-refractivity contribution in [2.75, 3.05) is 13.1 Å². The van der Waals surface area contributed by atoms with Crippen LogP contribution in [0.5, 0.6) is 0 Å². The van der Waals surface area contributed by atoms with Gasteiger partial charge in [0.2, 0.25) is 0 Å². The third-order valence-electron chi connectivity index (χ3n) is 4.26. The fourth-order valence-corrected chi connectivity index (χ4v) is 3.93. The van der Waals surface area contributed by atoms with E-state index in [0.717, 1.165) is 28.4 Å². The van der Waals surface area contributed by atoms with E-state index in [-0.39, 0.29) is 0 Å². The largest absolute Gasteiger partial charge is 0.297 e. The summed E-state index contributed by atoms with van der Waals surface area (Å²) in [6.45, 7) is 3.33. The normalized spacial score (nSPS) is 30.2. The van der Waals surface area contributed by atoms with Crippen molar-refractivity contribution >= 4 is 23.1 Å². The van der Waals surface area contributed by atoms with E-state index in [9.17, 15) is 0 Å². The van der Waals surface area contributed by atoms with Crippen LogP contribution < -0.4 is 0 Å². The van der Waals surface area contributed by atoms with Gasteiger partial charge in [0.05, 0.1) is 0 Å². The molecule has 1 aromatic heterocycles. The minimum atomic E-state index is 0.760. The van der Waals surface area contributed by atoms with Crippen molar-refractivity contribution in [3.63, 3.8) is 0 Å². The number of likely N-dealkylation sites (tertiary alicyclic amines) is 1. The molecule has 0 radical (unpaired) electrons. The second-order valence-electron chi connectivity index (χ2n) is 5.32. The van der Waals surface area contributed by atoms with Crippen molar-refractivity contribution < 1.29 is 0 Å². The van der Waals surface area contributed by atoms with E-state index < -0.39 is 0 Å². The molecular weight excluding hydrogens is 254 g/mol. The Morgan fingerprint density at radius 2 is 2.06 bits per heavy atom. The van der Waals surface area contributed by atoms with Crippen molar-refractivity contribution in [3.8, 4) is 0 Å². The Bertz CT molecular complexity index is 382. The Balaban J connectivity index is 1.60. The number of piperidine rings is 1. The van der Waals surface area contributed by atoms with Crippen LogP contribution in [0, 0.1) is 11.8 Å². The van der Waals surface area contributed by atoms with Gasteiger partial charge in [0.15, 0.2) is 0 Å². The average molecular weight is 272 g/mol. The Morgan fingerprint density at radius 1 is 1.24 bits per heavy atom. The Hall–Kier alpha value is -0.190. The average Bonchev–Trinajstić information content (AvgIpc) is 2.75. The lowest BCUT2D eigenvalue weighted by Gasteiger charge is -2.41. The molecule has 1 aliphatic heterocycles. The first-order valence-corrected chi connectivity index (χ1v) is 7.67. The second kappa shape index (κ2) is 5.21. The zero-order valence-electron chi connectivity index (χ0n) is 9.94. The van der Waals surface area contributed by atoms with Crippen molar-refractivity contribution in [1.82, 2.24) is 14.5 Å². The van der Waals surface area contributed by atoms with Gasteiger partial charge in [-0.2, -0.15) is 0 Å². The molecule has 2 heterocycles. The highest BCUT2D eigenvalue weighted by molar-refractivity contribution is 7.10. The van der Waals surface area contributed by atoms with E-state index in [1.54, 1.807) is 0 Å². The fourth-order valence-electron chi connectivity index (χ4n) is 3.32. The summed E-state index contributed by atoms with van der Waals surface area (Å²) in [6.07, 6.45) is 7.11. The Labute approximate surface area is 111 Å². The molecule has 3 nitrogen and oxygen atoms in total. The van der Waals surface area contributed by atoms with Crippen molar-refractivity contribution in [2.24, 2.45) is 11.8 Å². The van der Waals surface area contributed by atoms with Gasteiger partial charge in [-0.3, -0.25) is 4.90 Å². The van der Waals surface area contributed by atoms with E-state index in [1.807, 2.05) is 0 Å². The van der Waals surface area contributed by atoms with Crippen LogP contribution >= 0.6 is 23.1 Å². The second-order valence-corrected chi connectivity index (χ2v) is 6.68. The molecule has 2 fully saturated rings. The maximum absolute atomic E-state index is 6.06. The molecule has 1 saturated heterocycles. The van der Waals surface area contributed by atoms with Crippen LogP contribution in [0.15, 0.2) is 0 Å². The van der Waals surface area contributed by atoms with Crippen LogP contribution in [0.25, 0.3) is 0 Å². The summed E-state index contributed by atoms with van der Waals surface area (Å²) in [5, 5.41) is 4.11. The molecule has 3 rings (SSSR count). The summed E-state index contributed by atoms with van der Waals surface area (Å²) in [6, 6.07) is 0. The number of halogens is 1. The zero-order chi connectivity index (χ0) is 11.7. The first-order chi connectivity index (χ1) is 8.33. The molecule has 1 aliphatic carbocycles. The minimum absolute atomic E-state index is 0.760. The van der Waals surface area contributed by atoms with Gasteiger partial charge in [0.1, 0.15) is 10.0 Å². The smallest absolute Gasteiger partial charge is 0.138 e. The fraction of sp³-hybridized carbons (Fsp3) is 0.833. The van der Waals surface area contributed by atoms with Crippen LogP contribution in [0.3, 0.4) is 0 Å². The Morgan fingerprint density at radius 3 is 2.82 bits per heavy atom. The van der Waals surface area contributed by atoms with E-state index in [0.29, 0.717) is 0 Å². The number of aromatic nitrogens is 2. The minimum Gasteiger partial charge on any atom is -0.297 e. The van der Waals surface area contributed by atoms with E-state index >= 15 is 0 Å². The molecular formula is C12H18ClN3S. The summed E-state index contributed by atoms with van der Waals surface area (Å²) in [7, 11) is 0. The van der Waals surface area contributed by atoms with Crippen LogP contribution in [0.1, 0.15) is 37.8 Å². The molecule has 17 heavy (non-hydrogen) atoms. The number of rotatable bonds is 2. The highest BCUT2D eigenvalue weighted by Gasteiger charge is 2.31. The number of nitrogens with zero attached hydrogens (tertiary/aromatic N) is 3.